The minimum Gasteiger partial charge on any atom is -0.497 e. The van der Waals surface area contributed by atoms with Crippen molar-refractivity contribution in [2.24, 2.45) is 0 Å². The van der Waals surface area contributed by atoms with Crippen molar-refractivity contribution in [3.05, 3.63) is 47.8 Å². The van der Waals surface area contributed by atoms with Crippen LogP contribution in [0.15, 0.2) is 36.5 Å². The molecule has 0 atom stereocenters. The Labute approximate surface area is 109 Å². The van der Waals surface area contributed by atoms with Crippen molar-refractivity contribution in [2.45, 2.75) is 26.7 Å². The van der Waals surface area contributed by atoms with E-state index < -0.39 is 0 Å². The van der Waals surface area contributed by atoms with Gasteiger partial charge < -0.3 is 4.74 Å². The number of nitrogens with zero attached hydrogens (tertiary/aromatic N) is 1. The Bertz CT molecular complexity index is 547. The highest BCUT2D eigenvalue weighted by Crippen LogP contribution is 2.31. The summed E-state index contributed by atoms with van der Waals surface area (Å²) in [7, 11) is 1.69. The van der Waals surface area contributed by atoms with Crippen LogP contribution in [0.25, 0.3) is 11.1 Å². The van der Waals surface area contributed by atoms with Crippen molar-refractivity contribution in [2.75, 3.05) is 7.11 Å². The third kappa shape index (κ3) is 2.37. The van der Waals surface area contributed by atoms with E-state index in [2.05, 4.69) is 44.0 Å². The molecule has 0 amide bonds. The molecule has 94 valence electrons. The first-order valence-corrected chi connectivity index (χ1v) is 6.23. The number of hydrogen-bond acceptors (Lipinski definition) is 2. The molecule has 1 aromatic heterocycles. The summed E-state index contributed by atoms with van der Waals surface area (Å²) >= 11 is 0. The summed E-state index contributed by atoms with van der Waals surface area (Å²) in [6, 6.07) is 10.3. The van der Waals surface area contributed by atoms with Gasteiger partial charge in [0.1, 0.15) is 5.75 Å². The smallest absolute Gasteiger partial charge is 0.119 e. The second-order valence-electron chi connectivity index (χ2n) is 4.77. The lowest BCUT2D eigenvalue weighted by Gasteiger charge is -2.14. The number of hydrogen-bond donors (Lipinski definition) is 0. The number of aromatic nitrogens is 1. The van der Waals surface area contributed by atoms with Crippen molar-refractivity contribution in [3.8, 4) is 16.9 Å². The van der Waals surface area contributed by atoms with Gasteiger partial charge in [0.25, 0.3) is 0 Å². The van der Waals surface area contributed by atoms with Crippen molar-refractivity contribution >= 4 is 0 Å². The van der Waals surface area contributed by atoms with Crippen LogP contribution in [0, 0.1) is 6.92 Å². The number of methoxy groups -OCH3 is 1. The lowest BCUT2D eigenvalue weighted by molar-refractivity contribution is 0.414. The van der Waals surface area contributed by atoms with Gasteiger partial charge >= 0.3 is 0 Å². The number of benzene rings is 1. The Balaban J connectivity index is 2.55. The van der Waals surface area contributed by atoms with Crippen molar-refractivity contribution in [1.82, 2.24) is 4.98 Å². The molecule has 0 aliphatic heterocycles. The van der Waals surface area contributed by atoms with Gasteiger partial charge in [0.15, 0.2) is 0 Å². The molecule has 0 spiro atoms. The van der Waals surface area contributed by atoms with Gasteiger partial charge in [-0.25, -0.2) is 0 Å². The molecule has 0 aliphatic carbocycles. The van der Waals surface area contributed by atoms with Crippen molar-refractivity contribution in [1.29, 1.82) is 0 Å². The van der Waals surface area contributed by atoms with E-state index in [4.69, 9.17) is 4.74 Å². The normalized spacial score (nSPS) is 10.7. The van der Waals surface area contributed by atoms with Gasteiger partial charge in [0.05, 0.1) is 12.8 Å². The third-order valence-corrected chi connectivity index (χ3v) is 3.11. The molecule has 0 radical (unpaired) electrons. The van der Waals surface area contributed by atoms with Crippen LogP contribution in [-0.4, -0.2) is 12.1 Å². The SMILES string of the molecule is COc1ccc(-c2cccnc2C(C)C)c(C)c1. The van der Waals surface area contributed by atoms with E-state index in [0.717, 1.165) is 11.4 Å². The fourth-order valence-electron chi connectivity index (χ4n) is 2.17. The Morgan fingerprint density at radius 1 is 1.11 bits per heavy atom. The van der Waals surface area contributed by atoms with E-state index in [1.807, 2.05) is 18.3 Å². The van der Waals surface area contributed by atoms with Crippen LogP contribution in [0.2, 0.25) is 0 Å². The number of aryl methyl sites for hydroxylation is 1. The molecule has 2 nitrogen and oxygen atoms in total. The molecule has 0 unspecified atom stereocenters. The van der Waals surface area contributed by atoms with Crippen LogP contribution in [0.1, 0.15) is 31.0 Å². The molecule has 1 aromatic carbocycles. The molecule has 0 aliphatic rings. The fraction of sp³-hybridized carbons (Fsp3) is 0.312. The highest BCUT2D eigenvalue weighted by atomic mass is 16.5. The summed E-state index contributed by atoms with van der Waals surface area (Å²) in [5.41, 5.74) is 4.80. The van der Waals surface area contributed by atoms with Crippen LogP contribution in [-0.2, 0) is 0 Å². The average Bonchev–Trinajstić information content (AvgIpc) is 2.38. The molecule has 1 heterocycles. The summed E-state index contributed by atoms with van der Waals surface area (Å²) < 4.78 is 5.25. The monoisotopic (exact) mass is 241 g/mol. The quantitative estimate of drug-likeness (QED) is 0.804. The minimum atomic E-state index is 0.419. The van der Waals surface area contributed by atoms with Crippen LogP contribution < -0.4 is 4.74 Å². The largest absolute Gasteiger partial charge is 0.497 e. The number of ether oxygens (including phenoxy) is 1. The van der Waals surface area contributed by atoms with Gasteiger partial charge in [-0.1, -0.05) is 26.0 Å². The first-order valence-electron chi connectivity index (χ1n) is 6.23. The second-order valence-corrected chi connectivity index (χ2v) is 4.77. The first-order chi connectivity index (χ1) is 8.63. The lowest BCUT2D eigenvalue weighted by Crippen LogP contribution is -1.97. The topological polar surface area (TPSA) is 22.1 Å². The van der Waals surface area contributed by atoms with E-state index >= 15 is 0 Å². The van der Waals surface area contributed by atoms with Crippen LogP contribution in [0.3, 0.4) is 0 Å². The second kappa shape index (κ2) is 5.21. The summed E-state index contributed by atoms with van der Waals surface area (Å²) in [6.07, 6.45) is 1.86. The van der Waals surface area contributed by atoms with E-state index in [9.17, 15) is 0 Å². The molecular weight excluding hydrogens is 222 g/mol. The van der Waals surface area contributed by atoms with Crippen LogP contribution in [0.4, 0.5) is 0 Å². The summed E-state index contributed by atoms with van der Waals surface area (Å²) in [5, 5.41) is 0. The first kappa shape index (κ1) is 12.6. The Morgan fingerprint density at radius 2 is 1.89 bits per heavy atom. The zero-order valence-corrected chi connectivity index (χ0v) is 11.4. The van der Waals surface area contributed by atoms with Gasteiger partial charge in [0, 0.05) is 11.8 Å². The molecule has 0 fully saturated rings. The lowest BCUT2D eigenvalue weighted by atomic mass is 9.94. The van der Waals surface area contributed by atoms with Gasteiger partial charge in [-0.15, -0.1) is 0 Å². The van der Waals surface area contributed by atoms with E-state index in [0.29, 0.717) is 5.92 Å². The van der Waals surface area contributed by atoms with Crippen molar-refractivity contribution in [3.63, 3.8) is 0 Å². The molecule has 18 heavy (non-hydrogen) atoms. The summed E-state index contributed by atoms with van der Waals surface area (Å²) in [4.78, 5) is 4.51. The van der Waals surface area contributed by atoms with Gasteiger partial charge in [-0.05, 0) is 42.2 Å². The predicted molar refractivity (Wildman–Crippen MR) is 75.1 cm³/mol. The van der Waals surface area contributed by atoms with Crippen LogP contribution in [0.5, 0.6) is 5.75 Å². The molecular formula is C16H19NO. The molecule has 2 heteroatoms. The van der Waals surface area contributed by atoms with Gasteiger partial charge in [0.2, 0.25) is 0 Å². The fourth-order valence-corrected chi connectivity index (χ4v) is 2.17. The highest BCUT2D eigenvalue weighted by Gasteiger charge is 2.11. The minimum absolute atomic E-state index is 0.419. The van der Waals surface area contributed by atoms with Crippen LogP contribution >= 0.6 is 0 Å². The summed E-state index contributed by atoms with van der Waals surface area (Å²) in [5.74, 6) is 1.31. The standard InChI is InChI=1S/C16H19NO/c1-11(2)16-15(6-5-9-17-16)14-8-7-13(18-4)10-12(14)3/h5-11H,1-4H3. The Hall–Kier alpha value is -1.83. The third-order valence-electron chi connectivity index (χ3n) is 3.11. The van der Waals surface area contributed by atoms with Gasteiger partial charge in [-0.2, -0.15) is 0 Å². The zero-order valence-electron chi connectivity index (χ0n) is 11.4. The predicted octanol–water partition coefficient (Wildman–Crippen LogP) is 4.19. The van der Waals surface area contributed by atoms with E-state index in [1.54, 1.807) is 7.11 Å². The molecule has 0 bridgehead atoms. The van der Waals surface area contributed by atoms with Gasteiger partial charge in [-0.3, -0.25) is 4.98 Å². The Morgan fingerprint density at radius 3 is 2.50 bits per heavy atom. The maximum absolute atomic E-state index is 5.25. The maximum Gasteiger partial charge on any atom is 0.119 e. The number of rotatable bonds is 3. The Kier molecular flexibility index (Phi) is 3.66. The number of pyridine rings is 1. The van der Waals surface area contributed by atoms with E-state index in [1.165, 1.54) is 16.7 Å². The average molecular weight is 241 g/mol. The van der Waals surface area contributed by atoms with Crippen molar-refractivity contribution < 1.29 is 4.74 Å². The maximum atomic E-state index is 5.25. The molecule has 0 saturated heterocycles. The summed E-state index contributed by atoms with van der Waals surface area (Å²) in [6.45, 7) is 6.45. The molecule has 2 aromatic rings. The molecule has 0 saturated carbocycles. The highest BCUT2D eigenvalue weighted by molar-refractivity contribution is 5.70. The zero-order chi connectivity index (χ0) is 13.1. The molecule has 0 N–H and O–H groups in total. The molecule has 2 rings (SSSR count). The van der Waals surface area contributed by atoms with E-state index in [-0.39, 0.29) is 0 Å².